The van der Waals surface area contributed by atoms with E-state index in [1.807, 2.05) is 0 Å². The van der Waals surface area contributed by atoms with E-state index in [9.17, 15) is 9.59 Å². The van der Waals surface area contributed by atoms with E-state index in [1.54, 1.807) is 20.8 Å². The van der Waals surface area contributed by atoms with Crippen molar-refractivity contribution < 1.29 is 9.53 Å². The van der Waals surface area contributed by atoms with Crippen LogP contribution in [0, 0.1) is 13.8 Å². The first-order chi connectivity index (χ1) is 6.56. The van der Waals surface area contributed by atoms with E-state index >= 15 is 0 Å². The number of hydrogen-bond donors (Lipinski definition) is 1. The Morgan fingerprint density at radius 3 is 2.57 bits per heavy atom. The highest BCUT2D eigenvalue weighted by Crippen LogP contribution is 1.96. The number of aryl methyl sites for hydroxylation is 1. The summed E-state index contributed by atoms with van der Waals surface area (Å²) in [6.07, 6.45) is 0. The summed E-state index contributed by atoms with van der Waals surface area (Å²) in [5, 5.41) is 2.81. The Morgan fingerprint density at radius 2 is 2.14 bits per heavy atom. The lowest BCUT2D eigenvalue weighted by atomic mass is 10.3. The van der Waals surface area contributed by atoms with Gasteiger partial charge >= 0.3 is 5.97 Å². The van der Waals surface area contributed by atoms with Crippen LogP contribution in [0.3, 0.4) is 0 Å². The van der Waals surface area contributed by atoms with Crippen LogP contribution in [0.15, 0.2) is 4.79 Å². The fraction of sp³-hybridized carbons (Fsp3) is 0.556. The minimum atomic E-state index is -0.407. The summed E-state index contributed by atoms with van der Waals surface area (Å²) in [6, 6.07) is 0. The van der Waals surface area contributed by atoms with Gasteiger partial charge in [-0.1, -0.05) is 0 Å². The largest absolute Gasteiger partial charge is 0.465 e. The Morgan fingerprint density at radius 1 is 1.50 bits per heavy atom. The molecule has 0 amide bonds. The predicted octanol–water partition coefficient (Wildman–Crippen LogP) is 0.356. The van der Waals surface area contributed by atoms with Gasteiger partial charge in [0.05, 0.1) is 6.61 Å². The van der Waals surface area contributed by atoms with Crippen LogP contribution < -0.4 is 5.56 Å². The highest BCUT2D eigenvalue weighted by molar-refractivity contribution is 5.69. The maximum Gasteiger partial charge on any atom is 0.327 e. The normalized spacial score (nSPS) is 10.2. The number of carbonyl (C=O) groups is 1. The van der Waals surface area contributed by atoms with E-state index in [2.05, 4.69) is 5.10 Å². The standard InChI is InChI=1S/C9H14N2O3/c1-4-14-8(12)5-11-9(13)6(2)7(3)10-11/h10H,4-5H2,1-3H3. The van der Waals surface area contributed by atoms with Crippen LogP contribution >= 0.6 is 0 Å². The van der Waals surface area contributed by atoms with E-state index in [1.165, 1.54) is 4.68 Å². The molecular weight excluding hydrogens is 184 g/mol. The van der Waals surface area contributed by atoms with Crippen LogP contribution in [0.1, 0.15) is 18.2 Å². The molecule has 0 atom stereocenters. The third-order valence-corrected chi connectivity index (χ3v) is 2.02. The number of ether oxygens (including phenoxy) is 1. The van der Waals surface area contributed by atoms with Gasteiger partial charge in [-0.15, -0.1) is 0 Å². The summed E-state index contributed by atoms with van der Waals surface area (Å²) in [5.74, 6) is -0.407. The number of H-pyrrole nitrogens is 1. The van der Waals surface area contributed by atoms with Crippen molar-refractivity contribution in [2.45, 2.75) is 27.3 Å². The number of esters is 1. The highest BCUT2D eigenvalue weighted by Gasteiger charge is 2.10. The van der Waals surface area contributed by atoms with E-state index in [0.29, 0.717) is 12.2 Å². The second kappa shape index (κ2) is 4.13. The average molecular weight is 198 g/mol. The Labute approximate surface area is 81.7 Å². The molecule has 0 saturated heterocycles. The molecular formula is C9H14N2O3. The monoisotopic (exact) mass is 198 g/mol. The van der Waals surface area contributed by atoms with Gasteiger partial charge in [0.1, 0.15) is 6.54 Å². The highest BCUT2D eigenvalue weighted by atomic mass is 16.5. The smallest absolute Gasteiger partial charge is 0.327 e. The molecule has 5 nitrogen and oxygen atoms in total. The van der Waals surface area contributed by atoms with Gasteiger partial charge in [-0.25, -0.2) is 4.68 Å². The molecule has 0 radical (unpaired) electrons. The average Bonchev–Trinajstić information content (AvgIpc) is 2.34. The maximum absolute atomic E-state index is 11.5. The number of nitrogens with one attached hydrogen (secondary N) is 1. The van der Waals surface area contributed by atoms with Crippen LogP contribution in [0.4, 0.5) is 0 Å². The third-order valence-electron chi connectivity index (χ3n) is 2.02. The summed E-state index contributed by atoms with van der Waals surface area (Å²) in [4.78, 5) is 22.5. The Balaban J connectivity index is 2.83. The van der Waals surface area contributed by atoms with Crippen LogP contribution in [-0.4, -0.2) is 22.4 Å². The summed E-state index contributed by atoms with van der Waals surface area (Å²) < 4.78 is 5.98. The Kier molecular flexibility index (Phi) is 3.11. The lowest BCUT2D eigenvalue weighted by Gasteiger charge is -2.01. The van der Waals surface area contributed by atoms with Crippen molar-refractivity contribution in [3.63, 3.8) is 0 Å². The first-order valence-electron chi connectivity index (χ1n) is 4.48. The lowest BCUT2D eigenvalue weighted by Crippen LogP contribution is -2.24. The topological polar surface area (TPSA) is 64.1 Å². The molecule has 1 N–H and O–H groups in total. The maximum atomic E-state index is 11.5. The number of aromatic nitrogens is 2. The van der Waals surface area contributed by atoms with E-state index in [0.717, 1.165) is 5.69 Å². The van der Waals surface area contributed by atoms with Crippen molar-refractivity contribution in [3.8, 4) is 0 Å². The molecule has 1 aromatic heterocycles. The summed E-state index contributed by atoms with van der Waals surface area (Å²) in [7, 11) is 0. The van der Waals surface area contributed by atoms with Crippen molar-refractivity contribution in [2.75, 3.05) is 6.61 Å². The van der Waals surface area contributed by atoms with Gasteiger partial charge in [0, 0.05) is 11.3 Å². The fourth-order valence-corrected chi connectivity index (χ4v) is 1.15. The molecule has 0 aromatic carbocycles. The van der Waals surface area contributed by atoms with Crippen LogP contribution in [-0.2, 0) is 16.1 Å². The molecule has 0 spiro atoms. The first-order valence-corrected chi connectivity index (χ1v) is 4.48. The lowest BCUT2D eigenvalue weighted by molar-refractivity contribution is -0.144. The molecule has 14 heavy (non-hydrogen) atoms. The molecule has 1 rings (SSSR count). The van der Waals surface area contributed by atoms with Crippen molar-refractivity contribution in [2.24, 2.45) is 0 Å². The number of carbonyl (C=O) groups excluding carboxylic acids is 1. The Hall–Kier alpha value is -1.52. The minimum absolute atomic E-state index is 0.0542. The molecule has 1 aromatic rings. The van der Waals surface area contributed by atoms with Crippen molar-refractivity contribution in [1.29, 1.82) is 0 Å². The first kappa shape index (κ1) is 10.6. The fourth-order valence-electron chi connectivity index (χ4n) is 1.15. The molecule has 0 unspecified atom stereocenters. The second-order valence-electron chi connectivity index (χ2n) is 3.06. The van der Waals surface area contributed by atoms with Gasteiger partial charge in [0.25, 0.3) is 5.56 Å². The molecule has 0 aliphatic carbocycles. The number of nitrogens with zero attached hydrogens (tertiary/aromatic N) is 1. The zero-order valence-corrected chi connectivity index (χ0v) is 8.59. The molecule has 5 heteroatoms. The van der Waals surface area contributed by atoms with Gasteiger partial charge in [-0.3, -0.25) is 14.7 Å². The Bertz CT molecular complexity index is 389. The van der Waals surface area contributed by atoms with E-state index < -0.39 is 5.97 Å². The minimum Gasteiger partial charge on any atom is -0.465 e. The summed E-state index contributed by atoms with van der Waals surface area (Å²) >= 11 is 0. The SMILES string of the molecule is CCOC(=O)Cn1[nH]c(C)c(C)c1=O. The summed E-state index contributed by atoms with van der Waals surface area (Å²) in [6.45, 7) is 5.51. The van der Waals surface area contributed by atoms with Crippen LogP contribution in [0.25, 0.3) is 0 Å². The molecule has 1 heterocycles. The quantitative estimate of drug-likeness (QED) is 0.713. The molecule has 0 aliphatic heterocycles. The van der Waals surface area contributed by atoms with Crippen molar-refractivity contribution in [1.82, 2.24) is 9.78 Å². The van der Waals surface area contributed by atoms with Gasteiger partial charge in [0.15, 0.2) is 0 Å². The van der Waals surface area contributed by atoms with Crippen molar-refractivity contribution >= 4 is 5.97 Å². The van der Waals surface area contributed by atoms with E-state index in [-0.39, 0.29) is 12.1 Å². The predicted molar refractivity (Wildman–Crippen MR) is 51.2 cm³/mol. The van der Waals surface area contributed by atoms with Crippen LogP contribution in [0.2, 0.25) is 0 Å². The number of aromatic amines is 1. The van der Waals surface area contributed by atoms with Gasteiger partial charge in [0.2, 0.25) is 0 Å². The second-order valence-corrected chi connectivity index (χ2v) is 3.06. The molecule has 0 saturated carbocycles. The number of hydrogen-bond acceptors (Lipinski definition) is 3. The third kappa shape index (κ3) is 2.04. The van der Waals surface area contributed by atoms with Crippen molar-refractivity contribution in [3.05, 3.63) is 21.6 Å². The van der Waals surface area contributed by atoms with Crippen LogP contribution in [0.5, 0.6) is 0 Å². The molecule has 0 aliphatic rings. The van der Waals surface area contributed by atoms with Gasteiger partial charge in [-0.2, -0.15) is 0 Å². The van der Waals surface area contributed by atoms with Gasteiger partial charge in [-0.05, 0) is 20.8 Å². The van der Waals surface area contributed by atoms with E-state index in [4.69, 9.17) is 4.74 Å². The molecule has 0 fully saturated rings. The van der Waals surface area contributed by atoms with Gasteiger partial charge < -0.3 is 4.74 Å². The zero-order valence-electron chi connectivity index (χ0n) is 8.59. The zero-order chi connectivity index (χ0) is 10.7. The molecule has 78 valence electrons. The molecule has 0 bridgehead atoms. The summed E-state index contributed by atoms with van der Waals surface area (Å²) in [5.41, 5.74) is 1.24. The number of rotatable bonds is 3.